The van der Waals surface area contributed by atoms with Gasteiger partial charge in [0, 0.05) is 30.7 Å². The Morgan fingerprint density at radius 3 is 2.91 bits per heavy atom. The molecular formula is C24H27ClN6O2S. The number of hydrogen-bond acceptors (Lipinski definition) is 8. The minimum absolute atomic E-state index is 0.0129. The van der Waals surface area contributed by atoms with E-state index < -0.39 is 0 Å². The molecule has 2 aliphatic heterocycles. The summed E-state index contributed by atoms with van der Waals surface area (Å²) < 4.78 is 5.34. The molecule has 3 aromatic heterocycles. The van der Waals surface area contributed by atoms with E-state index in [9.17, 15) is 4.79 Å². The van der Waals surface area contributed by atoms with Gasteiger partial charge in [0.1, 0.15) is 11.6 Å². The molecule has 8 nitrogen and oxygen atoms in total. The molecule has 0 aliphatic carbocycles. The van der Waals surface area contributed by atoms with Crippen molar-refractivity contribution in [3.8, 4) is 5.75 Å². The number of methoxy groups -OCH3 is 1. The lowest BCUT2D eigenvalue weighted by atomic mass is 10.0. The van der Waals surface area contributed by atoms with Crippen LogP contribution in [0.15, 0.2) is 35.5 Å². The topological polar surface area (TPSA) is 92.3 Å². The number of carbonyl (C=O) groups is 1. The van der Waals surface area contributed by atoms with Gasteiger partial charge in [-0.1, -0.05) is 11.6 Å². The summed E-state index contributed by atoms with van der Waals surface area (Å²) in [6.45, 7) is 3.70. The number of aromatic nitrogens is 3. The molecule has 0 saturated carbocycles. The maximum Gasteiger partial charge on any atom is 0.235 e. The number of pyridine rings is 3. The number of nitrogens with zero attached hydrogens (tertiary/aromatic N) is 4. The van der Waals surface area contributed by atoms with Gasteiger partial charge in [-0.15, -0.1) is 11.8 Å². The summed E-state index contributed by atoms with van der Waals surface area (Å²) in [7, 11) is 1.64. The molecule has 0 bridgehead atoms. The number of likely N-dealkylation sites (tertiary alicyclic amines) is 1. The number of piperidine rings is 1. The van der Waals surface area contributed by atoms with Crippen LogP contribution in [0.2, 0.25) is 5.02 Å². The third kappa shape index (κ3) is 5.27. The van der Waals surface area contributed by atoms with Gasteiger partial charge in [0.05, 0.1) is 34.7 Å². The van der Waals surface area contributed by atoms with Crippen molar-refractivity contribution < 1.29 is 9.53 Å². The Morgan fingerprint density at radius 1 is 1.26 bits per heavy atom. The lowest BCUT2D eigenvalue weighted by Gasteiger charge is -2.32. The van der Waals surface area contributed by atoms with E-state index in [2.05, 4.69) is 30.5 Å². The maximum atomic E-state index is 11.6. The highest BCUT2D eigenvalue weighted by Gasteiger charge is 2.21. The molecule has 1 saturated heterocycles. The number of anilines is 1. The highest BCUT2D eigenvalue weighted by molar-refractivity contribution is 8.00. The van der Waals surface area contributed by atoms with Crippen molar-refractivity contribution in [2.75, 3.05) is 37.8 Å². The average Bonchev–Trinajstić information content (AvgIpc) is 2.87. The molecule has 34 heavy (non-hydrogen) atoms. The van der Waals surface area contributed by atoms with Crippen molar-refractivity contribution in [1.29, 1.82) is 0 Å². The Hall–Kier alpha value is -2.46. The third-order valence-electron chi connectivity index (χ3n) is 6.36. The number of hydrogen-bond donors (Lipinski definition) is 2. The average molecular weight is 499 g/mol. The summed E-state index contributed by atoms with van der Waals surface area (Å²) in [5.74, 6) is 1.86. The van der Waals surface area contributed by atoms with Gasteiger partial charge < -0.3 is 20.3 Å². The lowest BCUT2D eigenvalue weighted by molar-refractivity contribution is -0.113. The van der Waals surface area contributed by atoms with Crippen molar-refractivity contribution in [2.24, 2.45) is 0 Å². The molecule has 10 heteroatoms. The summed E-state index contributed by atoms with van der Waals surface area (Å²) in [5, 5.41) is 8.13. The zero-order chi connectivity index (χ0) is 23.5. The Balaban J connectivity index is 1.13. The zero-order valence-electron chi connectivity index (χ0n) is 19.0. The minimum atomic E-state index is 0.0129. The van der Waals surface area contributed by atoms with Crippen LogP contribution >= 0.6 is 23.4 Å². The fraction of sp³-hybridized carbons (Fsp3) is 0.417. The Bertz CT molecular complexity index is 1200. The van der Waals surface area contributed by atoms with E-state index in [1.165, 1.54) is 11.8 Å². The van der Waals surface area contributed by atoms with E-state index in [1.54, 1.807) is 19.5 Å². The molecule has 0 aromatic carbocycles. The predicted octanol–water partition coefficient (Wildman–Crippen LogP) is 3.53. The van der Waals surface area contributed by atoms with Gasteiger partial charge in [-0.2, -0.15) is 0 Å². The highest BCUT2D eigenvalue weighted by atomic mass is 35.5. The number of nitrogens with one attached hydrogen (secondary N) is 2. The van der Waals surface area contributed by atoms with E-state index in [1.807, 2.05) is 18.2 Å². The Morgan fingerprint density at radius 2 is 2.09 bits per heavy atom. The molecule has 0 unspecified atom stereocenters. The number of amides is 1. The van der Waals surface area contributed by atoms with Crippen LogP contribution in [-0.4, -0.2) is 64.3 Å². The standard InChI is InChI=1S/C24H27ClN6O2S/c1-33-17-10-19-18(20(25)13-28-23(19)27-12-17)6-9-31-7-4-15(5-8-31)26-11-16-2-3-21-24(29-16)30-22(32)14-34-21/h2-3,10,12-13,15,26H,4-9,11,14H2,1H3,(H,29,30,32). The van der Waals surface area contributed by atoms with Crippen LogP contribution in [0.4, 0.5) is 5.82 Å². The minimum Gasteiger partial charge on any atom is -0.495 e. The molecule has 5 heterocycles. The first-order valence-electron chi connectivity index (χ1n) is 11.4. The molecule has 5 rings (SSSR count). The highest BCUT2D eigenvalue weighted by Crippen LogP contribution is 2.30. The Labute approximate surface area is 207 Å². The third-order valence-corrected chi connectivity index (χ3v) is 7.73. The second kappa shape index (κ2) is 10.4. The lowest BCUT2D eigenvalue weighted by Crippen LogP contribution is -2.43. The second-order valence-electron chi connectivity index (χ2n) is 8.56. The molecule has 1 amide bonds. The molecular weight excluding hydrogens is 472 g/mol. The molecule has 178 valence electrons. The van der Waals surface area contributed by atoms with Crippen LogP contribution < -0.4 is 15.4 Å². The van der Waals surface area contributed by atoms with Crippen molar-refractivity contribution in [3.05, 3.63) is 46.9 Å². The number of halogens is 1. The zero-order valence-corrected chi connectivity index (χ0v) is 20.6. The summed E-state index contributed by atoms with van der Waals surface area (Å²) >= 11 is 8.04. The molecule has 3 aromatic rings. The van der Waals surface area contributed by atoms with Crippen LogP contribution in [0.1, 0.15) is 24.1 Å². The first-order chi connectivity index (χ1) is 16.6. The number of fused-ring (bicyclic) bond motifs is 2. The van der Waals surface area contributed by atoms with Gasteiger partial charge >= 0.3 is 0 Å². The van der Waals surface area contributed by atoms with Gasteiger partial charge in [0.15, 0.2) is 5.65 Å². The fourth-order valence-electron chi connectivity index (χ4n) is 4.44. The van der Waals surface area contributed by atoms with E-state index in [4.69, 9.17) is 16.3 Å². The summed E-state index contributed by atoms with van der Waals surface area (Å²) in [6, 6.07) is 6.51. The largest absolute Gasteiger partial charge is 0.495 e. The van der Waals surface area contributed by atoms with E-state index >= 15 is 0 Å². The van der Waals surface area contributed by atoms with E-state index in [0.29, 0.717) is 40.6 Å². The molecule has 1 fully saturated rings. The first-order valence-corrected chi connectivity index (χ1v) is 12.8. The summed E-state index contributed by atoms with van der Waals surface area (Å²) in [4.78, 5) is 28.5. The van der Waals surface area contributed by atoms with Crippen molar-refractivity contribution >= 4 is 46.1 Å². The Kier molecular flexibility index (Phi) is 7.15. The number of ether oxygens (including phenoxy) is 1. The summed E-state index contributed by atoms with van der Waals surface area (Å²) in [6.07, 6.45) is 6.37. The molecule has 0 spiro atoms. The smallest absolute Gasteiger partial charge is 0.235 e. The monoisotopic (exact) mass is 498 g/mol. The van der Waals surface area contributed by atoms with Gasteiger partial charge in [-0.25, -0.2) is 15.0 Å². The van der Waals surface area contributed by atoms with Crippen molar-refractivity contribution in [3.63, 3.8) is 0 Å². The number of rotatable bonds is 7. The van der Waals surface area contributed by atoms with Gasteiger partial charge in [-0.3, -0.25) is 4.79 Å². The molecule has 0 radical (unpaired) electrons. The maximum absolute atomic E-state index is 11.6. The van der Waals surface area contributed by atoms with Crippen LogP contribution in [0.25, 0.3) is 11.0 Å². The number of carbonyl (C=O) groups excluding carboxylic acids is 1. The molecule has 2 aliphatic rings. The van der Waals surface area contributed by atoms with Crippen LogP contribution in [0.5, 0.6) is 5.75 Å². The molecule has 0 atom stereocenters. The summed E-state index contributed by atoms with van der Waals surface area (Å²) in [5.41, 5.74) is 2.71. The SMILES string of the molecule is COc1cnc2ncc(Cl)c(CCN3CCC(NCc4ccc5c(n4)NC(=O)CS5)CC3)c2c1. The van der Waals surface area contributed by atoms with Crippen molar-refractivity contribution in [1.82, 2.24) is 25.2 Å². The normalized spacial score (nSPS) is 16.9. The number of thioether (sulfide) groups is 1. The van der Waals surface area contributed by atoms with Crippen LogP contribution in [0, 0.1) is 0 Å². The second-order valence-corrected chi connectivity index (χ2v) is 9.99. The van der Waals surface area contributed by atoms with Gasteiger partial charge in [-0.05, 0) is 56.1 Å². The molecule has 2 N–H and O–H groups in total. The predicted molar refractivity (Wildman–Crippen MR) is 135 cm³/mol. The van der Waals surface area contributed by atoms with Crippen molar-refractivity contribution in [2.45, 2.75) is 36.7 Å². The van der Waals surface area contributed by atoms with Gasteiger partial charge in [0.25, 0.3) is 0 Å². The van der Waals surface area contributed by atoms with Crippen LogP contribution in [0.3, 0.4) is 0 Å². The quantitative estimate of drug-likeness (QED) is 0.511. The van der Waals surface area contributed by atoms with E-state index in [-0.39, 0.29) is 5.91 Å². The van der Waals surface area contributed by atoms with E-state index in [0.717, 1.165) is 60.4 Å². The van der Waals surface area contributed by atoms with Gasteiger partial charge in [0.2, 0.25) is 5.91 Å². The fourth-order valence-corrected chi connectivity index (χ4v) is 5.44. The first kappa shape index (κ1) is 23.3. The van der Waals surface area contributed by atoms with Crippen LogP contribution in [-0.2, 0) is 17.8 Å².